The highest BCUT2D eigenvalue weighted by Gasteiger charge is 2.18. The Hall–Kier alpha value is -3.72. The predicted molar refractivity (Wildman–Crippen MR) is 116 cm³/mol. The van der Waals surface area contributed by atoms with Gasteiger partial charge in [-0.15, -0.1) is 0 Å². The summed E-state index contributed by atoms with van der Waals surface area (Å²) < 4.78 is 26.6. The molecule has 3 aromatic heterocycles. The second-order valence-corrected chi connectivity index (χ2v) is 6.93. The maximum Gasteiger partial charge on any atom is 0.198 e. The molecular formula is C22H22FN5O3. The normalized spacial score (nSPS) is 11.9. The van der Waals surface area contributed by atoms with Crippen LogP contribution in [0.1, 0.15) is 12.5 Å². The summed E-state index contributed by atoms with van der Waals surface area (Å²) in [4.78, 5) is 11.8. The lowest BCUT2D eigenvalue weighted by atomic mass is 10.0. The summed E-state index contributed by atoms with van der Waals surface area (Å²) in [5, 5.41) is 15.4. The number of H-pyrrole nitrogens is 1. The Kier molecular flexibility index (Phi) is 5.68. The zero-order valence-electron chi connectivity index (χ0n) is 17.4. The summed E-state index contributed by atoms with van der Waals surface area (Å²) in [5.74, 6) is -0.106. The van der Waals surface area contributed by atoms with Crippen LogP contribution in [0.4, 0.5) is 10.1 Å². The summed E-state index contributed by atoms with van der Waals surface area (Å²) in [6, 6.07) is 6.32. The van der Waals surface area contributed by atoms with Crippen LogP contribution in [0.3, 0.4) is 0 Å². The lowest BCUT2D eigenvalue weighted by Crippen LogP contribution is -2.03. The first kappa shape index (κ1) is 20.5. The molecule has 9 heteroatoms. The third-order valence-corrected chi connectivity index (χ3v) is 4.92. The van der Waals surface area contributed by atoms with Crippen LogP contribution in [0, 0.1) is 5.82 Å². The number of aromatic amines is 1. The van der Waals surface area contributed by atoms with Gasteiger partial charge in [-0.25, -0.2) is 9.38 Å². The smallest absolute Gasteiger partial charge is 0.198 e. The van der Waals surface area contributed by atoms with Crippen molar-refractivity contribution in [2.45, 2.75) is 13.5 Å². The molecule has 160 valence electrons. The van der Waals surface area contributed by atoms with Gasteiger partial charge in [0.25, 0.3) is 0 Å². The second kappa shape index (κ2) is 8.57. The van der Waals surface area contributed by atoms with Gasteiger partial charge in [0, 0.05) is 12.5 Å². The number of ether oxygens (including phenoxy) is 2. The Morgan fingerprint density at radius 1 is 1.29 bits per heavy atom. The standard InChI is InChI=1S/C22H22FN5O3/c1-13(26-14-10-25-28(12-14)7-8-30-2)20-15-9-17(24-11-18(15)27-22(20)29)21-16(23)5-4-6-19(21)31-3/h4-6,9-12,27,29H,7-8H2,1-3H3. The summed E-state index contributed by atoms with van der Waals surface area (Å²) >= 11 is 0. The van der Waals surface area contributed by atoms with Crippen LogP contribution in [0.15, 0.2) is 47.8 Å². The summed E-state index contributed by atoms with van der Waals surface area (Å²) in [6.07, 6.45) is 4.99. The molecule has 0 saturated carbocycles. The van der Waals surface area contributed by atoms with Crippen molar-refractivity contribution in [2.24, 2.45) is 4.99 Å². The Labute approximate surface area is 178 Å². The van der Waals surface area contributed by atoms with E-state index in [4.69, 9.17) is 9.47 Å². The third kappa shape index (κ3) is 3.99. The molecule has 0 aliphatic heterocycles. The molecule has 0 aliphatic rings. The number of aromatic hydroxyl groups is 1. The zero-order chi connectivity index (χ0) is 22.0. The fourth-order valence-electron chi connectivity index (χ4n) is 3.47. The number of aromatic nitrogens is 4. The molecule has 3 heterocycles. The number of benzene rings is 1. The van der Waals surface area contributed by atoms with Gasteiger partial charge in [0.1, 0.15) is 17.3 Å². The number of halogens is 1. The fourth-order valence-corrected chi connectivity index (χ4v) is 3.47. The molecule has 8 nitrogen and oxygen atoms in total. The molecular weight excluding hydrogens is 401 g/mol. The molecule has 31 heavy (non-hydrogen) atoms. The van der Waals surface area contributed by atoms with Crippen molar-refractivity contribution in [3.05, 3.63) is 54.2 Å². The highest BCUT2D eigenvalue weighted by atomic mass is 19.1. The molecule has 2 N–H and O–H groups in total. The van der Waals surface area contributed by atoms with Crippen LogP contribution >= 0.6 is 0 Å². The van der Waals surface area contributed by atoms with E-state index in [9.17, 15) is 9.50 Å². The van der Waals surface area contributed by atoms with Crippen LogP contribution in [0.25, 0.3) is 22.2 Å². The summed E-state index contributed by atoms with van der Waals surface area (Å²) in [7, 11) is 3.11. The molecule has 0 radical (unpaired) electrons. The van der Waals surface area contributed by atoms with Crippen molar-refractivity contribution in [3.8, 4) is 22.9 Å². The first-order chi connectivity index (χ1) is 15.0. The van der Waals surface area contributed by atoms with E-state index < -0.39 is 5.82 Å². The topological polar surface area (TPSA) is 97.6 Å². The maximum absolute atomic E-state index is 14.5. The molecule has 0 unspecified atom stereocenters. The maximum atomic E-state index is 14.5. The lowest BCUT2D eigenvalue weighted by molar-refractivity contribution is 0.183. The number of nitrogens with zero attached hydrogens (tertiary/aromatic N) is 4. The van der Waals surface area contributed by atoms with Crippen molar-refractivity contribution >= 4 is 22.3 Å². The van der Waals surface area contributed by atoms with E-state index in [1.54, 1.807) is 55.5 Å². The van der Waals surface area contributed by atoms with E-state index in [-0.39, 0.29) is 11.4 Å². The average molecular weight is 423 g/mol. The molecule has 0 spiro atoms. The number of pyridine rings is 1. The highest BCUT2D eigenvalue weighted by molar-refractivity contribution is 6.13. The number of nitrogens with one attached hydrogen (secondary N) is 1. The Bertz CT molecular complexity index is 1260. The van der Waals surface area contributed by atoms with Crippen LogP contribution in [-0.4, -0.2) is 51.4 Å². The molecule has 0 amide bonds. The molecule has 4 aromatic rings. The zero-order valence-corrected chi connectivity index (χ0v) is 17.4. The minimum Gasteiger partial charge on any atom is -0.496 e. The predicted octanol–water partition coefficient (Wildman–Crippen LogP) is 4.07. The van der Waals surface area contributed by atoms with Gasteiger partial charge in [-0.2, -0.15) is 5.10 Å². The van der Waals surface area contributed by atoms with Crippen molar-refractivity contribution in [1.29, 1.82) is 0 Å². The SMILES string of the molecule is COCCn1cc(N=C(C)c2c(O)[nH]c3cnc(-c4c(F)cccc4OC)cc23)cn1. The molecule has 1 aromatic carbocycles. The van der Waals surface area contributed by atoms with Gasteiger partial charge < -0.3 is 19.6 Å². The second-order valence-electron chi connectivity index (χ2n) is 6.93. The minimum absolute atomic E-state index is 0.0394. The Balaban J connectivity index is 1.78. The first-order valence-electron chi connectivity index (χ1n) is 9.62. The van der Waals surface area contributed by atoms with Gasteiger partial charge in [-0.3, -0.25) is 9.67 Å². The van der Waals surface area contributed by atoms with E-state index in [1.807, 2.05) is 0 Å². The Morgan fingerprint density at radius 2 is 2.13 bits per heavy atom. The molecule has 0 aliphatic carbocycles. The van der Waals surface area contributed by atoms with Gasteiger partial charge in [0.2, 0.25) is 0 Å². The van der Waals surface area contributed by atoms with Crippen LogP contribution in [0.2, 0.25) is 0 Å². The van der Waals surface area contributed by atoms with Crippen molar-refractivity contribution in [2.75, 3.05) is 20.8 Å². The summed E-state index contributed by atoms with van der Waals surface area (Å²) in [5.41, 5.74) is 2.99. The molecule has 0 bridgehead atoms. The molecule has 0 saturated heterocycles. The molecule has 4 rings (SSSR count). The van der Waals surface area contributed by atoms with E-state index in [0.717, 1.165) is 0 Å². The van der Waals surface area contributed by atoms with E-state index >= 15 is 0 Å². The van der Waals surface area contributed by atoms with E-state index in [0.29, 0.717) is 52.5 Å². The first-order valence-corrected chi connectivity index (χ1v) is 9.62. The van der Waals surface area contributed by atoms with E-state index in [2.05, 4.69) is 20.1 Å². The van der Waals surface area contributed by atoms with Gasteiger partial charge in [0.05, 0.1) is 66.9 Å². The quantitative estimate of drug-likeness (QED) is 0.437. The van der Waals surface area contributed by atoms with Gasteiger partial charge in [0.15, 0.2) is 5.88 Å². The van der Waals surface area contributed by atoms with Gasteiger partial charge >= 0.3 is 0 Å². The number of rotatable bonds is 7. The van der Waals surface area contributed by atoms with Crippen molar-refractivity contribution < 1.29 is 19.0 Å². The monoisotopic (exact) mass is 423 g/mol. The number of fused-ring (bicyclic) bond motifs is 1. The highest BCUT2D eigenvalue weighted by Crippen LogP contribution is 2.35. The molecule has 0 atom stereocenters. The van der Waals surface area contributed by atoms with Crippen molar-refractivity contribution in [3.63, 3.8) is 0 Å². The van der Waals surface area contributed by atoms with Gasteiger partial charge in [-0.05, 0) is 25.1 Å². The van der Waals surface area contributed by atoms with Crippen LogP contribution in [0.5, 0.6) is 11.6 Å². The number of hydrogen-bond donors (Lipinski definition) is 2. The third-order valence-electron chi connectivity index (χ3n) is 4.92. The lowest BCUT2D eigenvalue weighted by Gasteiger charge is -2.09. The van der Waals surface area contributed by atoms with Crippen molar-refractivity contribution in [1.82, 2.24) is 19.7 Å². The van der Waals surface area contributed by atoms with E-state index in [1.165, 1.54) is 13.2 Å². The number of aliphatic imine (C=N–C) groups is 1. The average Bonchev–Trinajstić information content (AvgIpc) is 3.34. The fraction of sp³-hybridized carbons (Fsp3) is 0.227. The van der Waals surface area contributed by atoms with Gasteiger partial charge in [-0.1, -0.05) is 6.07 Å². The Morgan fingerprint density at radius 3 is 2.90 bits per heavy atom. The van der Waals surface area contributed by atoms with Crippen LogP contribution < -0.4 is 4.74 Å². The summed E-state index contributed by atoms with van der Waals surface area (Å²) in [6.45, 7) is 2.95. The van der Waals surface area contributed by atoms with Crippen LogP contribution in [-0.2, 0) is 11.3 Å². The number of methoxy groups -OCH3 is 2. The molecule has 0 fully saturated rings. The largest absolute Gasteiger partial charge is 0.496 e. The minimum atomic E-state index is -0.443. The number of hydrogen-bond acceptors (Lipinski definition) is 6.